The molecule has 7 heteroatoms. The third kappa shape index (κ3) is 4.36. The molecule has 0 bridgehead atoms. The van der Waals surface area contributed by atoms with Crippen molar-refractivity contribution in [3.63, 3.8) is 0 Å². The quantitative estimate of drug-likeness (QED) is 0.671. The fraction of sp³-hybridized carbons (Fsp3) is 0.300. The second kappa shape index (κ2) is 8.53. The van der Waals surface area contributed by atoms with Crippen LogP contribution in [0.2, 0.25) is 0 Å². The van der Waals surface area contributed by atoms with Crippen molar-refractivity contribution in [3.05, 3.63) is 76.4 Å². The number of carbonyl (C=O) groups excluding carboxylic acids is 2. The molecule has 1 unspecified atom stereocenters. The first-order valence-electron chi connectivity index (χ1n) is 8.72. The second-order valence-electron chi connectivity index (χ2n) is 6.33. The number of hydrogen-bond donors (Lipinski definition) is 0. The Kier molecular flexibility index (Phi) is 5.90. The Bertz CT molecular complexity index is 810. The lowest BCUT2D eigenvalue weighted by Gasteiger charge is -2.20. The highest BCUT2D eigenvalue weighted by atomic mass is 19.1. The van der Waals surface area contributed by atoms with Crippen molar-refractivity contribution in [2.24, 2.45) is 5.18 Å². The predicted octanol–water partition coefficient (Wildman–Crippen LogP) is 4.52. The highest BCUT2D eigenvalue weighted by Gasteiger charge is 2.38. The van der Waals surface area contributed by atoms with Crippen molar-refractivity contribution in [1.82, 2.24) is 4.90 Å². The third-order valence-electron chi connectivity index (χ3n) is 4.58. The van der Waals surface area contributed by atoms with Gasteiger partial charge in [-0.15, -0.1) is 0 Å². The Balaban J connectivity index is 1.60. The standard InChI is InChI=1S/C20H19FN2O4/c21-16-11-9-14(10-12-16)17(22-26)7-4-8-19(24)23-18(13-27-20(23)25)15-5-2-1-3-6-15/h1-3,5-6,9-12,17-18H,4,7-8,13H2/t17?,18-/m1/s1. The van der Waals surface area contributed by atoms with E-state index < -0.39 is 24.0 Å². The summed E-state index contributed by atoms with van der Waals surface area (Å²) in [6.07, 6.45) is 0.140. The number of carbonyl (C=O) groups is 2. The molecule has 0 radical (unpaired) electrons. The highest BCUT2D eigenvalue weighted by molar-refractivity contribution is 5.93. The number of halogens is 1. The summed E-state index contributed by atoms with van der Waals surface area (Å²) < 4.78 is 18.0. The second-order valence-corrected chi connectivity index (χ2v) is 6.33. The molecule has 6 nitrogen and oxygen atoms in total. The SMILES string of the molecule is O=NC(CCCC(=O)N1C(=O)OC[C@@H]1c1ccccc1)c1ccc(F)cc1. The minimum Gasteiger partial charge on any atom is -0.446 e. The van der Waals surface area contributed by atoms with Crippen LogP contribution in [0, 0.1) is 10.7 Å². The van der Waals surface area contributed by atoms with E-state index in [1.165, 1.54) is 24.3 Å². The monoisotopic (exact) mass is 370 g/mol. The molecule has 1 heterocycles. The maximum absolute atomic E-state index is 13.0. The molecule has 1 saturated heterocycles. The number of imide groups is 1. The molecule has 1 aliphatic heterocycles. The van der Waals surface area contributed by atoms with Gasteiger partial charge < -0.3 is 4.74 Å². The van der Waals surface area contributed by atoms with Gasteiger partial charge in [0.25, 0.3) is 0 Å². The number of rotatable bonds is 7. The van der Waals surface area contributed by atoms with Gasteiger partial charge in [-0.2, -0.15) is 4.91 Å². The molecular weight excluding hydrogens is 351 g/mol. The summed E-state index contributed by atoms with van der Waals surface area (Å²) >= 11 is 0. The van der Waals surface area contributed by atoms with Crippen molar-refractivity contribution >= 4 is 12.0 Å². The molecule has 3 rings (SSSR count). The van der Waals surface area contributed by atoms with Gasteiger partial charge in [-0.1, -0.05) is 47.6 Å². The molecule has 0 spiro atoms. The Hall–Kier alpha value is -3.09. The minimum atomic E-state index is -0.658. The van der Waals surface area contributed by atoms with Crippen molar-refractivity contribution in [2.45, 2.75) is 31.3 Å². The summed E-state index contributed by atoms with van der Waals surface area (Å²) in [7, 11) is 0. The molecule has 0 N–H and O–H groups in total. The Morgan fingerprint density at radius 3 is 2.56 bits per heavy atom. The molecule has 27 heavy (non-hydrogen) atoms. The summed E-state index contributed by atoms with van der Waals surface area (Å²) in [5.74, 6) is -0.742. The summed E-state index contributed by atoms with van der Waals surface area (Å²) in [5.41, 5.74) is 1.43. The van der Waals surface area contributed by atoms with Crippen LogP contribution in [-0.4, -0.2) is 23.5 Å². The van der Waals surface area contributed by atoms with E-state index in [4.69, 9.17) is 4.74 Å². The molecule has 1 fully saturated rings. The molecule has 2 aromatic carbocycles. The van der Waals surface area contributed by atoms with Crippen LogP contribution < -0.4 is 0 Å². The van der Waals surface area contributed by atoms with Crippen LogP contribution >= 0.6 is 0 Å². The average Bonchev–Trinajstić information content (AvgIpc) is 3.08. The van der Waals surface area contributed by atoms with E-state index in [0.29, 0.717) is 18.4 Å². The number of hydrogen-bond acceptors (Lipinski definition) is 5. The van der Waals surface area contributed by atoms with E-state index >= 15 is 0 Å². The van der Waals surface area contributed by atoms with Crippen LogP contribution in [0.15, 0.2) is 59.8 Å². The molecule has 2 atom stereocenters. The summed E-state index contributed by atoms with van der Waals surface area (Å²) in [6.45, 7) is 0.128. The van der Waals surface area contributed by atoms with E-state index in [1.807, 2.05) is 30.3 Å². The molecule has 0 saturated carbocycles. The maximum Gasteiger partial charge on any atom is 0.417 e. The third-order valence-corrected chi connectivity index (χ3v) is 4.58. The maximum atomic E-state index is 13.0. The predicted molar refractivity (Wildman–Crippen MR) is 96.2 cm³/mol. The van der Waals surface area contributed by atoms with Crippen molar-refractivity contribution < 1.29 is 18.7 Å². The first-order chi connectivity index (χ1) is 13.1. The van der Waals surface area contributed by atoms with Gasteiger partial charge in [-0.25, -0.2) is 14.1 Å². The fourth-order valence-electron chi connectivity index (χ4n) is 3.15. The van der Waals surface area contributed by atoms with Crippen LogP contribution in [0.4, 0.5) is 9.18 Å². The van der Waals surface area contributed by atoms with Crippen LogP contribution in [-0.2, 0) is 9.53 Å². The molecule has 0 aromatic heterocycles. The molecular formula is C20H19FN2O4. The van der Waals surface area contributed by atoms with Gasteiger partial charge in [0.2, 0.25) is 5.91 Å². The summed E-state index contributed by atoms with van der Waals surface area (Å²) in [5, 5.41) is 3.07. The number of nitroso groups, excluding NO2 is 1. The molecule has 1 aliphatic rings. The van der Waals surface area contributed by atoms with Crippen LogP contribution in [0.5, 0.6) is 0 Å². The van der Waals surface area contributed by atoms with Crippen molar-refractivity contribution in [3.8, 4) is 0 Å². The fourth-order valence-corrected chi connectivity index (χ4v) is 3.15. The first kappa shape index (κ1) is 18.7. The lowest BCUT2D eigenvalue weighted by atomic mass is 10.0. The van der Waals surface area contributed by atoms with Crippen LogP contribution in [0.25, 0.3) is 0 Å². The lowest BCUT2D eigenvalue weighted by Crippen LogP contribution is -2.34. The zero-order valence-corrected chi connectivity index (χ0v) is 14.6. The topological polar surface area (TPSA) is 76.0 Å². The van der Waals surface area contributed by atoms with Gasteiger partial charge >= 0.3 is 6.09 Å². The van der Waals surface area contributed by atoms with E-state index in [1.54, 1.807) is 0 Å². The van der Waals surface area contributed by atoms with Gasteiger partial charge in [-0.3, -0.25) is 4.79 Å². The minimum absolute atomic E-state index is 0.0889. The van der Waals surface area contributed by atoms with Gasteiger partial charge in [0.15, 0.2) is 0 Å². The van der Waals surface area contributed by atoms with E-state index in [2.05, 4.69) is 5.18 Å². The summed E-state index contributed by atoms with van der Waals surface area (Å²) in [6, 6.07) is 13.7. The van der Waals surface area contributed by atoms with Crippen LogP contribution in [0.3, 0.4) is 0 Å². The van der Waals surface area contributed by atoms with Gasteiger partial charge in [0.05, 0.1) is 0 Å². The largest absolute Gasteiger partial charge is 0.446 e. The lowest BCUT2D eigenvalue weighted by molar-refractivity contribution is -0.129. The van der Waals surface area contributed by atoms with Gasteiger partial charge in [-0.05, 0) is 36.1 Å². The number of benzene rings is 2. The molecule has 2 aromatic rings. The Morgan fingerprint density at radius 2 is 1.89 bits per heavy atom. The van der Waals surface area contributed by atoms with Crippen molar-refractivity contribution in [2.75, 3.05) is 6.61 Å². The molecule has 2 amide bonds. The zero-order valence-electron chi connectivity index (χ0n) is 14.6. The number of nitrogens with zero attached hydrogens (tertiary/aromatic N) is 2. The van der Waals surface area contributed by atoms with E-state index in [-0.39, 0.29) is 18.9 Å². The zero-order chi connectivity index (χ0) is 19.2. The number of ether oxygens (including phenoxy) is 1. The Morgan fingerprint density at radius 1 is 1.19 bits per heavy atom. The van der Waals surface area contributed by atoms with Crippen LogP contribution in [0.1, 0.15) is 42.5 Å². The normalized spacial score (nSPS) is 17.4. The first-order valence-corrected chi connectivity index (χ1v) is 8.72. The highest BCUT2D eigenvalue weighted by Crippen LogP contribution is 2.29. The smallest absolute Gasteiger partial charge is 0.417 e. The Labute approximate surface area is 155 Å². The number of cyclic esters (lactones) is 1. The molecule has 0 aliphatic carbocycles. The average molecular weight is 370 g/mol. The van der Waals surface area contributed by atoms with E-state index in [0.717, 1.165) is 10.5 Å². The van der Waals surface area contributed by atoms with Gasteiger partial charge in [0.1, 0.15) is 24.5 Å². The summed E-state index contributed by atoms with van der Waals surface area (Å²) in [4.78, 5) is 36.8. The van der Waals surface area contributed by atoms with Gasteiger partial charge in [0, 0.05) is 6.42 Å². The molecule has 140 valence electrons. The van der Waals surface area contributed by atoms with Crippen molar-refractivity contribution in [1.29, 1.82) is 0 Å². The van der Waals surface area contributed by atoms with E-state index in [9.17, 15) is 18.9 Å². The number of amides is 2.